The highest BCUT2D eigenvalue weighted by molar-refractivity contribution is 8.13. The van der Waals surface area contributed by atoms with Gasteiger partial charge in [0, 0.05) is 31.4 Å². The van der Waals surface area contributed by atoms with E-state index in [1.807, 2.05) is 0 Å². The average Bonchev–Trinajstić information content (AvgIpc) is 3.01. The summed E-state index contributed by atoms with van der Waals surface area (Å²) in [6, 6.07) is 0.833. The fourth-order valence-electron chi connectivity index (χ4n) is 2.86. The lowest BCUT2D eigenvalue weighted by Crippen LogP contribution is -2.39. The Morgan fingerprint density at radius 1 is 1.32 bits per heavy atom. The van der Waals surface area contributed by atoms with Crippen LogP contribution < -0.4 is 5.32 Å². The number of nitrogens with zero attached hydrogens (tertiary/aromatic N) is 2. The molecule has 1 atom stereocenters. The first-order valence-electron chi connectivity index (χ1n) is 7.15. The van der Waals surface area contributed by atoms with Crippen LogP contribution in [0.15, 0.2) is 0 Å². The van der Waals surface area contributed by atoms with Crippen molar-refractivity contribution in [3.63, 3.8) is 0 Å². The van der Waals surface area contributed by atoms with Gasteiger partial charge in [0.1, 0.15) is 6.54 Å². The highest BCUT2D eigenvalue weighted by Crippen LogP contribution is 2.31. The van der Waals surface area contributed by atoms with Crippen molar-refractivity contribution in [3.05, 3.63) is 0 Å². The monoisotopic (exact) mass is 283 g/mol. The first kappa shape index (κ1) is 13.2. The first-order valence-corrected chi connectivity index (χ1v) is 8.13. The zero-order chi connectivity index (χ0) is 13.2. The minimum Gasteiger partial charge on any atom is -0.354 e. The molecule has 0 aromatic carbocycles. The van der Waals surface area contributed by atoms with Crippen molar-refractivity contribution in [2.75, 3.05) is 38.5 Å². The number of hydrogen-bond donors (Lipinski definition) is 1. The van der Waals surface area contributed by atoms with E-state index in [0.29, 0.717) is 12.5 Å². The van der Waals surface area contributed by atoms with E-state index in [4.69, 9.17) is 0 Å². The third-order valence-electron chi connectivity index (χ3n) is 4.15. The average molecular weight is 283 g/mol. The molecule has 0 spiro atoms. The number of likely N-dealkylation sites (tertiary alicyclic amines) is 1. The van der Waals surface area contributed by atoms with Gasteiger partial charge in [0.05, 0.1) is 0 Å². The van der Waals surface area contributed by atoms with Crippen molar-refractivity contribution < 1.29 is 9.59 Å². The quantitative estimate of drug-likeness (QED) is 0.809. The fourth-order valence-corrected chi connectivity index (χ4v) is 3.68. The highest BCUT2D eigenvalue weighted by atomic mass is 32.2. The maximum absolute atomic E-state index is 11.8. The molecule has 2 saturated heterocycles. The molecule has 3 fully saturated rings. The maximum Gasteiger partial charge on any atom is 0.282 e. The molecule has 2 heterocycles. The lowest BCUT2D eigenvalue weighted by Gasteiger charge is -2.17. The molecule has 3 aliphatic rings. The summed E-state index contributed by atoms with van der Waals surface area (Å²) in [5, 5.41) is 3.02. The zero-order valence-electron chi connectivity index (χ0n) is 11.1. The molecule has 1 N–H and O–H groups in total. The summed E-state index contributed by atoms with van der Waals surface area (Å²) in [7, 11) is 0. The second-order valence-electron chi connectivity index (χ2n) is 5.72. The largest absolute Gasteiger partial charge is 0.354 e. The van der Waals surface area contributed by atoms with Crippen LogP contribution >= 0.6 is 11.8 Å². The molecule has 1 unspecified atom stereocenters. The summed E-state index contributed by atoms with van der Waals surface area (Å²) in [4.78, 5) is 27.4. The Morgan fingerprint density at radius 3 is 2.84 bits per heavy atom. The molecule has 2 aliphatic heterocycles. The first-order chi connectivity index (χ1) is 9.22. The molecular weight excluding hydrogens is 262 g/mol. The predicted octanol–water partition coefficient (Wildman–Crippen LogP) is 0.756. The molecule has 3 rings (SSSR count). The van der Waals surface area contributed by atoms with Gasteiger partial charge in [-0.15, -0.1) is 0 Å². The van der Waals surface area contributed by atoms with E-state index in [0.717, 1.165) is 24.9 Å². The van der Waals surface area contributed by atoms with E-state index in [1.54, 1.807) is 4.90 Å². The number of carbonyl (C=O) groups is 2. The second kappa shape index (κ2) is 5.71. The number of nitrogens with one attached hydrogen (secondary N) is 1. The summed E-state index contributed by atoms with van der Waals surface area (Å²) in [6.07, 6.45) is 3.90. The molecule has 5 nitrogen and oxygen atoms in total. The van der Waals surface area contributed by atoms with Crippen molar-refractivity contribution in [1.82, 2.24) is 15.1 Å². The van der Waals surface area contributed by atoms with Gasteiger partial charge in [-0.2, -0.15) is 0 Å². The smallest absolute Gasteiger partial charge is 0.282 e. The van der Waals surface area contributed by atoms with Crippen molar-refractivity contribution in [2.24, 2.45) is 5.92 Å². The molecule has 6 heteroatoms. The maximum atomic E-state index is 11.8. The Kier molecular flexibility index (Phi) is 3.98. The fraction of sp³-hybridized carbons (Fsp3) is 0.846. The van der Waals surface area contributed by atoms with Gasteiger partial charge in [0.2, 0.25) is 5.91 Å². The Bertz CT molecular complexity index is 373. The standard InChI is InChI=1S/C13H21N3O2S/c17-12(9-16-5-6-19-13(16)18)14-7-10-3-4-15(8-10)11-1-2-11/h10-11H,1-9H2,(H,14,17). The minimum absolute atomic E-state index is 0.0132. The van der Waals surface area contributed by atoms with Gasteiger partial charge < -0.3 is 15.1 Å². The summed E-state index contributed by atoms with van der Waals surface area (Å²) in [6.45, 7) is 4.01. The molecule has 0 bridgehead atoms. The Hall–Kier alpha value is -0.750. The van der Waals surface area contributed by atoms with Gasteiger partial charge in [-0.25, -0.2) is 0 Å². The molecule has 2 amide bonds. The van der Waals surface area contributed by atoms with Crippen molar-refractivity contribution >= 4 is 22.9 Å². The van der Waals surface area contributed by atoms with Crippen LogP contribution in [0.1, 0.15) is 19.3 Å². The van der Waals surface area contributed by atoms with E-state index in [1.165, 1.54) is 37.6 Å². The number of carbonyl (C=O) groups excluding carboxylic acids is 2. The van der Waals surface area contributed by atoms with Gasteiger partial charge in [0.25, 0.3) is 5.24 Å². The third kappa shape index (κ3) is 3.42. The van der Waals surface area contributed by atoms with E-state index in [2.05, 4.69) is 10.2 Å². The molecule has 1 aliphatic carbocycles. The van der Waals surface area contributed by atoms with Crippen molar-refractivity contribution in [2.45, 2.75) is 25.3 Å². The topological polar surface area (TPSA) is 52.7 Å². The Labute approximate surface area is 118 Å². The van der Waals surface area contributed by atoms with Gasteiger partial charge in [-0.3, -0.25) is 9.59 Å². The van der Waals surface area contributed by atoms with Crippen molar-refractivity contribution in [3.8, 4) is 0 Å². The van der Waals surface area contributed by atoms with Crippen LogP contribution in [0.25, 0.3) is 0 Å². The molecule has 19 heavy (non-hydrogen) atoms. The van der Waals surface area contributed by atoms with Crippen LogP contribution in [-0.4, -0.2) is 65.5 Å². The lowest BCUT2D eigenvalue weighted by atomic mass is 10.1. The summed E-state index contributed by atoms with van der Waals surface area (Å²) in [5.74, 6) is 1.39. The van der Waals surface area contributed by atoms with Crippen LogP contribution in [0.2, 0.25) is 0 Å². The normalized spacial score (nSPS) is 28.1. The van der Waals surface area contributed by atoms with E-state index < -0.39 is 0 Å². The molecular formula is C13H21N3O2S. The van der Waals surface area contributed by atoms with E-state index in [9.17, 15) is 9.59 Å². The number of hydrogen-bond acceptors (Lipinski definition) is 4. The van der Waals surface area contributed by atoms with Crippen LogP contribution in [0.3, 0.4) is 0 Å². The molecule has 0 aromatic rings. The van der Waals surface area contributed by atoms with Gasteiger partial charge in [-0.05, 0) is 31.7 Å². The zero-order valence-corrected chi connectivity index (χ0v) is 12.0. The van der Waals surface area contributed by atoms with Crippen molar-refractivity contribution in [1.29, 1.82) is 0 Å². The number of thioether (sulfide) groups is 1. The Morgan fingerprint density at radius 2 is 2.16 bits per heavy atom. The van der Waals surface area contributed by atoms with Crippen LogP contribution in [0.4, 0.5) is 4.79 Å². The molecule has 0 radical (unpaired) electrons. The second-order valence-corrected chi connectivity index (χ2v) is 6.77. The van der Waals surface area contributed by atoms with Crippen LogP contribution in [0.5, 0.6) is 0 Å². The molecule has 106 valence electrons. The summed E-state index contributed by atoms with van der Waals surface area (Å²) in [5.41, 5.74) is 0. The molecule has 0 aromatic heterocycles. The SMILES string of the molecule is O=C(CN1CCSC1=O)NCC1CCN(C2CC2)C1. The van der Waals surface area contributed by atoms with E-state index in [-0.39, 0.29) is 17.7 Å². The Balaban J connectivity index is 1.35. The highest BCUT2D eigenvalue weighted by Gasteiger charge is 2.34. The van der Waals surface area contributed by atoms with Crippen LogP contribution in [0, 0.1) is 5.92 Å². The van der Waals surface area contributed by atoms with Gasteiger partial charge in [0.15, 0.2) is 0 Å². The van der Waals surface area contributed by atoms with Gasteiger partial charge >= 0.3 is 0 Å². The van der Waals surface area contributed by atoms with Gasteiger partial charge in [-0.1, -0.05) is 11.8 Å². The predicted molar refractivity (Wildman–Crippen MR) is 75.1 cm³/mol. The number of amides is 2. The number of rotatable bonds is 5. The third-order valence-corrected chi connectivity index (χ3v) is 5.04. The minimum atomic E-state index is -0.0132. The van der Waals surface area contributed by atoms with Crippen LogP contribution in [-0.2, 0) is 4.79 Å². The lowest BCUT2D eigenvalue weighted by molar-refractivity contribution is -0.121. The summed E-state index contributed by atoms with van der Waals surface area (Å²) >= 11 is 1.30. The van der Waals surface area contributed by atoms with E-state index >= 15 is 0 Å². The molecule has 1 saturated carbocycles. The summed E-state index contributed by atoms with van der Waals surface area (Å²) < 4.78 is 0.